The van der Waals surface area contributed by atoms with Gasteiger partial charge in [-0.05, 0) is 19.8 Å². The van der Waals surface area contributed by atoms with E-state index in [0.717, 1.165) is 12.8 Å². The molecule has 0 spiro atoms. The molecule has 1 saturated heterocycles. The lowest BCUT2D eigenvalue weighted by Gasteiger charge is -2.23. The van der Waals surface area contributed by atoms with Crippen LogP contribution in [0, 0.1) is 0 Å². The van der Waals surface area contributed by atoms with Gasteiger partial charge in [0.05, 0.1) is 5.60 Å². The van der Waals surface area contributed by atoms with Crippen molar-refractivity contribution >= 4 is 5.91 Å². The number of alkyl halides is 2. The molecule has 13 heavy (non-hydrogen) atoms. The second-order valence-corrected chi connectivity index (χ2v) is 3.42. The summed E-state index contributed by atoms with van der Waals surface area (Å²) in [5.74, 6) is -1.23. The average Bonchev–Trinajstić information content (AvgIpc) is 2.48. The first-order chi connectivity index (χ1) is 6.03. The maximum Gasteiger partial charge on any atom is 0.315 e. The Morgan fingerprint density at radius 1 is 1.69 bits per heavy atom. The number of halogens is 2. The van der Waals surface area contributed by atoms with Crippen LogP contribution in [0.15, 0.2) is 0 Å². The van der Waals surface area contributed by atoms with E-state index >= 15 is 0 Å². The summed E-state index contributed by atoms with van der Waals surface area (Å²) in [6.07, 6.45) is -1.22. The first kappa shape index (κ1) is 10.4. The van der Waals surface area contributed by atoms with Gasteiger partial charge >= 0.3 is 6.43 Å². The van der Waals surface area contributed by atoms with Crippen LogP contribution in [0.4, 0.5) is 8.78 Å². The van der Waals surface area contributed by atoms with Crippen molar-refractivity contribution in [3.63, 3.8) is 0 Å². The average molecular weight is 193 g/mol. The highest BCUT2D eigenvalue weighted by Crippen LogP contribution is 2.23. The van der Waals surface area contributed by atoms with Crippen LogP contribution in [-0.2, 0) is 9.53 Å². The van der Waals surface area contributed by atoms with Gasteiger partial charge in [0, 0.05) is 13.2 Å². The number of carbonyl (C=O) groups is 1. The van der Waals surface area contributed by atoms with Gasteiger partial charge in [-0.25, -0.2) is 0 Å². The van der Waals surface area contributed by atoms with E-state index in [-0.39, 0.29) is 6.54 Å². The maximum absolute atomic E-state index is 11.8. The Hall–Kier alpha value is -0.710. The van der Waals surface area contributed by atoms with Crippen molar-refractivity contribution in [1.29, 1.82) is 0 Å². The number of hydrogen-bond donors (Lipinski definition) is 1. The molecule has 1 amide bonds. The molecule has 0 aromatic heterocycles. The van der Waals surface area contributed by atoms with Gasteiger partial charge < -0.3 is 10.1 Å². The van der Waals surface area contributed by atoms with Crippen molar-refractivity contribution in [2.24, 2.45) is 0 Å². The summed E-state index contributed by atoms with van der Waals surface area (Å²) in [6, 6.07) is 0. The SMILES string of the molecule is CC1(CNC(=O)C(F)F)CCCO1. The molecular formula is C8H13F2NO2. The van der Waals surface area contributed by atoms with E-state index in [9.17, 15) is 13.6 Å². The van der Waals surface area contributed by atoms with Crippen LogP contribution in [0.5, 0.6) is 0 Å². The molecule has 1 aliphatic rings. The summed E-state index contributed by atoms with van der Waals surface area (Å²) in [7, 11) is 0. The smallest absolute Gasteiger partial charge is 0.315 e. The van der Waals surface area contributed by atoms with E-state index in [1.165, 1.54) is 0 Å². The minimum atomic E-state index is -2.94. The van der Waals surface area contributed by atoms with Crippen LogP contribution in [0.2, 0.25) is 0 Å². The molecule has 5 heteroatoms. The molecule has 1 aliphatic heterocycles. The van der Waals surface area contributed by atoms with E-state index in [1.807, 2.05) is 6.92 Å². The molecule has 1 N–H and O–H groups in total. The molecule has 3 nitrogen and oxygen atoms in total. The maximum atomic E-state index is 11.8. The van der Waals surface area contributed by atoms with Crippen LogP contribution < -0.4 is 5.32 Å². The van der Waals surface area contributed by atoms with Gasteiger partial charge in [-0.3, -0.25) is 4.79 Å². The topological polar surface area (TPSA) is 38.3 Å². The van der Waals surface area contributed by atoms with Gasteiger partial charge in [0.15, 0.2) is 0 Å². The van der Waals surface area contributed by atoms with Crippen molar-refractivity contribution in [1.82, 2.24) is 5.32 Å². The van der Waals surface area contributed by atoms with E-state index in [0.29, 0.717) is 6.61 Å². The number of ether oxygens (including phenoxy) is 1. The Kier molecular flexibility index (Phi) is 3.19. The summed E-state index contributed by atoms with van der Waals surface area (Å²) in [5, 5.41) is 2.15. The van der Waals surface area contributed by atoms with E-state index in [4.69, 9.17) is 4.74 Å². The zero-order chi connectivity index (χ0) is 9.90. The third-order valence-electron chi connectivity index (χ3n) is 2.14. The molecule has 1 heterocycles. The largest absolute Gasteiger partial charge is 0.373 e. The van der Waals surface area contributed by atoms with Crippen LogP contribution in [0.1, 0.15) is 19.8 Å². The highest BCUT2D eigenvalue weighted by Gasteiger charge is 2.30. The monoisotopic (exact) mass is 193 g/mol. The first-order valence-electron chi connectivity index (χ1n) is 4.23. The molecule has 0 aromatic carbocycles. The zero-order valence-electron chi connectivity index (χ0n) is 7.48. The lowest BCUT2D eigenvalue weighted by Crippen LogP contribution is -2.42. The highest BCUT2D eigenvalue weighted by atomic mass is 19.3. The standard InChI is InChI=1S/C8H13F2NO2/c1-8(3-2-4-13-8)5-11-7(12)6(9)10/h6H,2-5H2,1H3,(H,11,12). The zero-order valence-corrected chi connectivity index (χ0v) is 7.48. The summed E-state index contributed by atoms with van der Waals surface area (Å²) in [6.45, 7) is 2.61. The molecule has 0 saturated carbocycles. The number of rotatable bonds is 3. The van der Waals surface area contributed by atoms with Gasteiger partial charge in [0.1, 0.15) is 0 Å². The van der Waals surface area contributed by atoms with Gasteiger partial charge in [-0.1, -0.05) is 0 Å². The number of carbonyl (C=O) groups excluding carboxylic acids is 1. The predicted molar refractivity (Wildman–Crippen MR) is 42.6 cm³/mol. The lowest BCUT2D eigenvalue weighted by atomic mass is 10.0. The van der Waals surface area contributed by atoms with E-state index < -0.39 is 17.9 Å². The van der Waals surface area contributed by atoms with Gasteiger partial charge in [0.2, 0.25) is 0 Å². The second-order valence-electron chi connectivity index (χ2n) is 3.42. The van der Waals surface area contributed by atoms with Crippen molar-refractivity contribution in [3.8, 4) is 0 Å². The van der Waals surface area contributed by atoms with Crippen molar-refractivity contribution in [2.45, 2.75) is 31.8 Å². The van der Waals surface area contributed by atoms with E-state index in [1.54, 1.807) is 0 Å². The Bertz CT molecular complexity index is 191. The fourth-order valence-corrected chi connectivity index (χ4v) is 1.33. The summed E-state index contributed by atoms with van der Waals surface area (Å²) < 4.78 is 28.9. The molecule has 1 atom stereocenters. The highest BCUT2D eigenvalue weighted by molar-refractivity contribution is 5.79. The van der Waals surface area contributed by atoms with Gasteiger partial charge in [0.25, 0.3) is 5.91 Å². The number of nitrogens with one attached hydrogen (secondary N) is 1. The van der Waals surface area contributed by atoms with Crippen LogP contribution in [0.3, 0.4) is 0 Å². The first-order valence-corrected chi connectivity index (χ1v) is 4.23. The Balaban J connectivity index is 2.29. The molecule has 1 fully saturated rings. The molecule has 76 valence electrons. The minimum absolute atomic E-state index is 0.163. The minimum Gasteiger partial charge on any atom is -0.373 e. The van der Waals surface area contributed by atoms with Crippen LogP contribution in [0.25, 0.3) is 0 Å². The van der Waals surface area contributed by atoms with Crippen molar-refractivity contribution in [2.75, 3.05) is 13.2 Å². The quantitative estimate of drug-likeness (QED) is 0.724. The van der Waals surface area contributed by atoms with E-state index in [2.05, 4.69) is 5.32 Å². The Labute approximate surface area is 75.4 Å². The third-order valence-corrected chi connectivity index (χ3v) is 2.14. The second kappa shape index (κ2) is 4.00. The molecule has 1 unspecified atom stereocenters. The summed E-state index contributed by atoms with van der Waals surface area (Å²) >= 11 is 0. The number of amides is 1. The third kappa shape index (κ3) is 2.91. The van der Waals surface area contributed by atoms with Gasteiger partial charge in [-0.15, -0.1) is 0 Å². The summed E-state index contributed by atoms with van der Waals surface area (Å²) in [5.41, 5.74) is -0.454. The Morgan fingerprint density at radius 3 is 2.85 bits per heavy atom. The molecule has 0 radical (unpaired) electrons. The van der Waals surface area contributed by atoms with Crippen molar-refractivity contribution in [3.05, 3.63) is 0 Å². The lowest BCUT2D eigenvalue weighted by molar-refractivity contribution is -0.133. The van der Waals surface area contributed by atoms with Crippen LogP contribution >= 0.6 is 0 Å². The normalized spacial score (nSPS) is 28.0. The fourth-order valence-electron chi connectivity index (χ4n) is 1.33. The molecular weight excluding hydrogens is 180 g/mol. The molecule has 1 rings (SSSR count). The molecule has 0 bridgehead atoms. The predicted octanol–water partition coefficient (Wildman–Crippen LogP) is 0.937. The fraction of sp³-hybridized carbons (Fsp3) is 0.875. The molecule has 0 aromatic rings. The van der Waals surface area contributed by atoms with Gasteiger partial charge in [-0.2, -0.15) is 8.78 Å². The Morgan fingerprint density at radius 2 is 2.38 bits per heavy atom. The summed E-state index contributed by atoms with van der Waals surface area (Å²) in [4.78, 5) is 10.5. The number of hydrogen-bond acceptors (Lipinski definition) is 2. The van der Waals surface area contributed by atoms with Crippen molar-refractivity contribution < 1.29 is 18.3 Å². The molecule has 0 aliphatic carbocycles. The van der Waals surface area contributed by atoms with Crippen LogP contribution in [-0.4, -0.2) is 31.1 Å².